The Kier molecular flexibility index (Phi) is 28.4. The number of amides is 2. The maximum atomic E-state index is 13.9. The van der Waals surface area contributed by atoms with Gasteiger partial charge in [-0.1, -0.05) is 67.2 Å². The number of carbonyl (C=O) groups is 6. The van der Waals surface area contributed by atoms with E-state index in [1.807, 2.05) is 0 Å². The maximum absolute atomic E-state index is 13.9. The molecular formula is C53H81F5N2O13. The maximum Gasteiger partial charge on any atom is 0.311 e. The van der Waals surface area contributed by atoms with Crippen molar-refractivity contribution in [2.45, 2.75) is 195 Å². The summed E-state index contributed by atoms with van der Waals surface area (Å²) in [6.07, 6.45) is 5.85. The zero-order chi connectivity index (χ0) is 54.2. The van der Waals surface area contributed by atoms with Crippen LogP contribution in [-0.4, -0.2) is 99.3 Å². The molecule has 0 aliphatic carbocycles. The molecule has 20 heteroatoms. The summed E-state index contributed by atoms with van der Waals surface area (Å²) in [5, 5.41) is 5.82. The van der Waals surface area contributed by atoms with Crippen LogP contribution >= 0.6 is 0 Å². The van der Waals surface area contributed by atoms with E-state index in [-0.39, 0.29) is 110 Å². The van der Waals surface area contributed by atoms with Gasteiger partial charge in [0.1, 0.15) is 13.2 Å². The van der Waals surface area contributed by atoms with Crippen molar-refractivity contribution < 1.29 is 83.9 Å². The Morgan fingerprint density at radius 3 is 1.44 bits per heavy atom. The molecular weight excluding hydrogens is 968 g/mol. The number of benzene rings is 1. The fourth-order valence-electron chi connectivity index (χ4n) is 8.97. The number of ether oxygens (including phenoxy) is 7. The molecule has 2 fully saturated rings. The highest BCUT2D eigenvalue weighted by Gasteiger charge is 2.41. The molecule has 1 aromatic rings. The molecule has 2 heterocycles. The predicted molar refractivity (Wildman–Crippen MR) is 258 cm³/mol. The molecule has 0 saturated carbocycles. The minimum absolute atomic E-state index is 0.0909. The van der Waals surface area contributed by atoms with Gasteiger partial charge in [-0.2, -0.15) is 8.78 Å². The third kappa shape index (κ3) is 21.5. The van der Waals surface area contributed by atoms with Crippen molar-refractivity contribution in [3.8, 4) is 5.75 Å². The smallest absolute Gasteiger partial charge is 0.311 e. The van der Waals surface area contributed by atoms with Crippen molar-refractivity contribution in [3.63, 3.8) is 0 Å². The van der Waals surface area contributed by atoms with Crippen LogP contribution in [0.3, 0.4) is 0 Å². The number of carbonyl (C=O) groups excluding carboxylic acids is 6. The highest BCUT2D eigenvalue weighted by atomic mass is 19.2. The van der Waals surface area contributed by atoms with Crippen LogP contribution in [0.5, 0.6) is 5.75 Å². The molecule has 2 N–H and O–H groups in total. The second-order valence-electron chi connectivity index (χ2n) is 19.9. The number of Topliss-reactive ketones (excluding diaryl/α,β-unsaturated/α-hetero) is 1. The molecule has 416 valence electrons. The van der Waals surface area contributed by atoms with Crippen molar-refractivity contribution in [1.82, 2.24) is 10.6 Å². The van der Waals surface area contributed by atoms with E-state index in [1.54, 1.807) is 0 Å². The minimum Gasteiger partial charge on any atom is -0.463 e. The van der Waals surface area contributed by atoms with Crippen molar-refractivity contribution >= 4 is 35.5 Å². The van der Waals surface area contributed by atoms with Crippen LogP contribution in [0.1, 0.15) is 165 Å². The number of hydrogen-bond donors (Lipinski definition) is 2. The summed E-state index contributed by atoms with van der Waals surface area (Å²) in [5.74, 6) is -14.2. The molecule has 0 aromatic heterocycles. The average molecular weight is 1050 g/mol. The third-order valence-electron chi connectivity index (χ3n) is 14.4. The van der Waals surface area contributed by atoms with Gasteiger partial charge in [-0.05, 0) is 81.5 Å². The molecule has 2 amide bonds. The summed E-state index contributed by atoms with van der Waals surface area (Å²) < 4.78 is 107. The molecule has 73 heavy (non-hydrogen) atoms. The van der Waals surface area contributed by atoms with Gasteiger partial charge < -0.3 is 43.8 Å². The first-order valence-electron chi connectivity index (χ1n) is 26.3. The van der Waals surface area contributed by atoms with Crippen molar-refractivity contribution in [2.24, 2.45) is 35.5 Å². The number of esters is 3. The SMILES string of the molecule is CC(=O)OCC1OC(OCCCCCC(=O)NCCCC[C@H](NC(=O)CCCCCOC2OC(COC(C)=O)C(C)C(C)C2C)C(=O)CCCCCCC(=O)Oc2c(F)c(F)c(F)c(F)c2F)C(C)C(C)C1C. The van der Waals surface area contributed by atoms with Gasteiger partial charge in [0.05, 0.1) is 18.2 Å². The van der Waals surface area contributed by atoms with E-state index in [0.717, 1.165) is 12.8 Å². The molecule has 11 atom stereocenters. The average Bonchev–Trinajstić information content (AvgIpc) is 3.35. The molecule has 0 spiro atoms. The lowest BCUT2D eigenvalue weighted by molar-refractivity contribution is -0.255. The zero-order valence-electron chi connectivity index (χ0n) is 44.1. The van der Waals surface area contributed by atoms with Crippen molar-refractivity contribution in [1.29, 1.82) is 0 Å². The topological polar surface area (TPSA) is 191 Å². The Balaban J connectivity index is 1.40. The lowest BCUT2D eigenvalue weighted by Gasteiger charge is -2.43. The molecule has 0 bridgehead atoms. The first kappa shape index (κ1) is 63.0. The van der Waals surface area contributed by atoms with E-state index in [1.165, 1.54) is 13.8 Å². The minimum atomic E-state index is -2.37. The standard InChI is InChI=1S/C53H81F5N2O13/c1-31-33(3)41(29-69-37(7)61)71-52(35(31)5)67-27-19-11-14-23-43(64)59-26-18-17-21-39(40(63)22-13-9-10-16-25-45(66)73-51-49(57)47(55)46(54)48(56)50(51)58)60-44(65)24-15-12-20-28-68-53-36(6)32(2)34(4)42(72-53)30-70-38(8)62/h31-36,39,41-42,52-53H,9-30H2,1-8H3,(H,59,64)(H,60,65)/t31?,32?,33?,34?,35?,36?,39-,41?,42?,52?,53?/m0/s1. The lowest BCUT2D eigenvalue weighted by atomic mass is 9.79. The summed E-state index contributed by atoms with van der Waals surface area (Å²) in [6.45, 7) is 16.9. The van der Waals surface area contributed by atoms with Gasteiger partial charge in [-0.3, -0.25) is 28.8 Å². The Hall–Kier alpha value is -4.27. The number of rotatable bonds is 33. The van der Waals surface area contributed by atoms with E-state index in [0.29, 0.717) is 96.3 Å². The van der Waals surface area contributed by atoms with Gasteiger partial charge in [0.25, 0.3) is 0 Å². The molecule has 2 aliphatic rings. The van der Waals surface area contributed by atoms with Crippen LogP contribution in [0, 0.1) is 64.6 Å². The molecule has 2 saturated heterocycles. The van der Waals surface area contributed by atoms with Crippen molar-refractivity contribution in [3.05, 3.63) is 29.1 Å². The Bertz CT molecular complexity index is 1900. The number of halogens is 5. The van der Waals surface area contributed by atoms with E-state index in [2.05, 4.69) is 56.9 Å². The van der Waals surface area contributed by atoms with E-state index >= 15 is 0 Å². The predicted octanol–water partition coefficient (Wildman–Crippen LogP) is 9.52. The molecule has 10 unspecified atom stereocenters. The van der Waals surface area contributed by atoms with Gasteiger partial charge in [0.15, 0.2) is 18.4 Å². The quantitative estimate of drug-likeness (QED) is 0.0169. The molecule has 0 radical (unpaired) electrons. The molecule has 15 nitrogen and oxygen atoms in total. The number of ketones is 1. The fraction of sp³-hybridized carbons (Fsp3) is 0.774. The second kappa shape index (κ2) is 32.9. The van der Waals surface area contributed by atoms with Gasteiger partial charge >= 0.3 is 17.9 Å². The van der Waals surface area contributed by atoms with Gasteiger partial charge in [-0.25, -0.2) is 13.2 Å². The Morgan fingerprint density at radius 2 is 0.945 bits per heavy atom. The molecule has 1 aromatic carbocycles. The van der Waals surface area contributed by atoms with Gasteiger partial charge in [0.2, 0.25) is 46.6 Å². The van der Waals surface area contributed by atoms with E-state index < -0.39 is 59.4 Å². The number of unbranched alkanes of at least 4 members (excludes halogenated alkanes) is 8. The van der Waals surface area contributed by atoms with E-state index in [9.17, 15) is 50.7 Å². The monoisotopic (exact) mass is 1050 g/mol. The normalized spacial score (nSPS) is 24.3. The largest absolute Gasteiger partial charge is 0.463 e. The Morgan fingerprint density at radius 1 is 0.507 bits per heavy atom. The number of hydrogen-bond acceptors (Lipinski definition) is 13. The fourth-order valence-corrected chi connectivity index (χ4v) is 8.97. The Labute approximate surface area is 427 Å². The molecule has 2 aliphatic heterocycles. The van der Waals surface area contributed by atoms with Crippen LogP contribution in [-0.2, 0) is 57.2 Å². The van der Waals surface area contributed by atoms with E-state index in [4.69, 9.17) is 28.4 Å². The van der Waals surface area contributed by atoms with Crippen LogP contribution in [0.4, 0.5) is 22.0 Å². The highest BCUT2D eigenvalue weighted by molar-refractivity contribution is 5.89. The number of nitrogens with one attached hydrogen (secondary N) is 2. The van der Waals surface area contributed by atoms with Crippen LogP contribution in [0.15, 0.2) is 0 Å². The summed E-state index contributed by atoms with van der Waals surface area (Å²) >= 11 is 0. The van der Waals surface area contributed by atoms with Gasteiger partial charge in [-0.15, -0.1) is 0 Å². The van der Waals surface area contributed by atoms with Crippen LogP contribution in [0.25, 0.3) is 0 Å². The van der Waals surface area contributed by atoms with Gasteiger partial charge in [0, 0.05) is 71.1 Å². The lowest BCUT2D eigenvalue weighted by Crippen LogP contribution is -2.47. The van der Waals surface area contributed by atoms with Crippen LogP contribution < -0.4 is 15.4 Å². The first-order chi connectivity index (χ1) is 34.6. The van der Waals surface area contributed by atoms with Crippen molar-refractivity contribution in [2.75, 3.05) is 33.0 Å². The summed E-state index contributed by atoms with van der Waals surface area (Å²) in [7, 11) is 0. The first-order valence-corrected chi connectivity index (χ1v) is 26.3. The summed E-state index contributed by atoms with van der Waals surface area (Å²) in [4.78, 5) is 74.1. The molecule has 3 rings (SSSR count). The third-order valence-corrected chi connectivity index (χ3v) is 14.4. The zero-order valence-corrected chi connectivity index (χ0v) is 44.1. The van der Waals surface area contributed by atoms with Crippen LogP contribution in [0.2, 0.25) is 0 Å². The highest BCUT2D eigenvalue weighted by Crippen LogP contribution is 2.37. The summed E-state index contributed by atoms with van der Waals surface area (Å²) in [6, 6.07) is -0.771. The second-order valence-corrected chi connectivity index (χ2v) is 19.9. The summed E-state index contributed by atoms with van der Waals surface area (Å²) in [5.41, 5.74) is 0.